The zero-order valence-corrected chi connectivity index (χ0v) is 20.5. The molecule has 0 aliphatic heterocycles. The van der Waals surface area contributed by atoms with Crippen LogP contribution in [0.1, 0.15) is 57.4 Å². The average molecular weight is 467 g/mol. The lowest BCUT2D eigenvalue weighted by Gasteiger charge is -2.31. The Kier molecular flexibility index (Phi) is 10.3. The summed E-state index contributed by atoms with van der Waals surface area (Å²) in [6.07, 6.45) is 7.25. The van der Waals surface area contributed by atoms with Gasteiger partial charge in [0.2, 0.25) is 11.8 Å². The van der Waals surface area contributed by atoms with E-state index < -0.39 is 6.04 Å². The zero-order chi connectivity index (χ0) is 24.2. The van der Waals surface area contributed by atoms with Crippen LogP contribution in [0.3, 0.4) is 0 Å². The van der Waals surface area contributed by atoms with Gasteiger partial charge in [-0.1, -0.05) is 49.6 Å². The van der Waals surface area contributed by atoms with Gasteiger partial charge in [0, 0.05) is 19.0 Å². The summed E-state index contributed by atoms with van der Waals surface area (Å²) in [6, 6.07) is 17.2. The summed E-state index contributed by atoms with van der Waals surface area (Å²) in [5, 5.41) is 3.18. The molecule has 34 heavy (non-hydrogen) atoms. The van der Waals surface area contributed by atoms with Crippen LogP contribution in [0, 0.1) is 0 Å². The molecule has 0 heterocycles. The number of carbonyl (C=O) groups is 2. The van der Waals surface area contributed by atoms with Gasteiger partial charge in [-0.3, -0.25) is 9.59 Å². The lowest BCUT2D eigenvalue weighted by atomic mass is 9.95. The van der Waals surface area contributed by atoms with E-state index in [0.29, 0.717) is 26.0 Å². The van der Waals surface area contributed by atoms with E-state index in [-0.39, 0.29) is 17.9 Å². The first-order chi connectivity index (χ1) is 16.6. The lowest BCUT2D eigenvalue weighted by molar-refractivity contribution is -0.140. The van der Waals surface area contributed by atoms with E-state index in [9.17, 15) is 9.59 Å². The number of amides is 2. The number of nitrogens with zero attached hydrogens (tertiary/aromatic N) is 1. The molecule has 1 fully saturated rings. The molecule has 1 aliphatic rings. The Balaban J connectivity index is 1.54. The molecule has 6 nitrogen and oxygen atoms in total. The minimum absolute atomic E-state index is 0.0134. The molecule has 1 atom stereocenters. The highest BCUT2D eigenvalue weighted by molar-refractivity contribution is 5.87. The molecule has 2 amide bonds. The molecule has 184 valence electrons. The Morgan fingerprint density at radius 3 is 2.35 bits per heavy atom. The number of carbonyl (C=O) groups excluding carboxylic acids is 2. The molecular weight excluding hydrogens is 428 g/mol. The summed E-state index contributed by atoms with van der Waals surface area (Å²) in [6.45, 7) is 2.80. The highest BCUT2D eigenvalue weighted by Gasteiger charge is 2.27. The minimum atomic E-state index is -0.499. The summed E-state index contributed by atoms with van der Waals surface area (Å²) in [7, 11) is 1.63. The van der Waals surface area contributed by atoms with Gasteiger partial charge in [-0.2, -0.15) is 0 Å². The molecular formula is C28H38N2O4. The number of methoxy groups -OCH3 is 1. The molecule has 0 aromatic heterocycles. The molecule has 0 saturated heterocycles. The molecule has 0 bridgehead atoms. The van der Waals surface area contributed by atoms with Crippen LogP contribution in [0.15, 0.2) is 54.6 Å². The molecule has 2 aromatic carbocycles. The van der Waals surface area contributed by atoms with Crippen molar-refractivity contribution in [2.75, 3.05) is 20.3 Å². The van der Waals surface area contributed by atoms with Crippen LogP contribution in [0.4, 0.5) is 0 Å². The van der Waals surface area contributed by atoms with Crippen molar-refractivity contribution in [2.45, 2.75) is 70.4 Å². The van der Waals surface area contributed by atoms with E-state index in [0.717, 1.165) is 49.2 Å². The second kappa shape index (κ2) is 13.6. The van der Waals surface area contributed by atoms with Gasteiger partial charge in [0.05, 0.1) is 13.7 Å². The van der Waals surface area contributed by atoms with E-state index in [1.807, 2.05) is 49.4 Å². The molecule has 3 rings (SSSR count). The van der Waals surface area contributed by atoms with Crippen molar-refractivity contribution < 1.29 is 19.1 Å². The predicted molar refractivity (Wildman–Crippen MR) is 134 cm³/mol. The first-order valence-corrected chi connectivity index (χ1v) is 12.5. The molecule has 1 N–H and O–H groups in total. The maximum Gasteiger partial charge on any atom is 0.242 e. The van der Waals surface area contributed by atoms with Crippen molar-refractivity contribution in [1.29, 1.82) is 0 Å². The summed E-state index contributed by atoms with van der Waals surface area (Å²) in [4.78, 5) is 27.9. The Bertz CT molecular complexity index is 879. The summed E-state index contributed by atoms with van der Waals surface area (Å²) < 4.78 is 10.9. The molecule has 0 spiro atoms. The number of hydrogen-bond donors (Lipinski definition) is 1. The van der Waals surface area contributed by atoms with E-state index in [1.54, 1.807) is 12.0 Å². The fourth-order valence-electron chi connectivity index (χ4n) is 4.37. The predicted octanol–water partition coefficient (Wildman–Crippen LogP) is 4.76. The normalized spacial score (nSPS) is 14.8. The standard InChI is InChI=1S/C28H38N2O4/c1-22(28(32)29-24-12-7-4-8-13-24)30(20-19-23-10-5-3-6-11-23)27(31)14-9-21-34-26-17-15-25(33-2)16-18-26/h3,5-6,10-11,15-18,22,24H,4,7-9,12-14,19-21H2,1-2H3,(H,29,32). The Morgan fingerprint density at radius 2 is 1.68 bits per heavy atom. The third kappa shape index (κ3) is 8.08. The van der Waals surface area contributed by atoms with E-state index in [4.69, 9.17) is 9.47 Å². The second-order valence-corrected chi connectivity index (χ2v) is 8.97. The van der Waals surface area contributed by atoms with E-state index >= 15 is 0 Å². The van der Waals surface area contributed by atoms with Crippen molar-refractivity contribution >= 4 is 11.8 Å². The van der Waals surface area contributed by atoms with Crippen molar-refractivity contribution in [3.8, 4) is 11.5 Å². The molecule has 1 aliphatic carbocycles. The number of rotatable bonds is 12. The quantitative estimate of drug-likeness (QED) is 0.458. The smallest absolute Gasteiger partial charge is 0.242 e. The van der Waals surface area contributed by atoms with Crippen LogP contribution in [0.5, 0.6) is 11.5 Å². The number of hydrogen-bond acceptors (Lipinski definition) is 4. The van der Waals surface area contributed by atoms with Crippen LogP contribution in [0.2, 0.25) is 0 Å². The van der Waals surface area contributed by atoms with E-state index in [1.165, 1.54) is 6.42 Å². The maximum absolute atomic E-state index is 13.2. The summed E-state index contributed by atoms with van der Waals surface area (Å²) >= 11 is 0. The third-order valence-corrected chi connectivity index (χ3v) is 6.47. The number of ether oxygens (including phenoxy) is 2. The topological polar surface area (TPSA) is 67.9 Å². The van der Waals surface area contributed by atoms with Gasteiger partial charge in [-0.25, -0.2) is 0 Å². The minimum Gasteiger partial charge on any atom is -0.497 e. The van der Waals surface area contributed by atoms with Gasteiger partial charge in [0.15, 0.2) is 0 Å². The number of nitrogens with one attached hydrogen (secondary N) is 1. The van der Waals surface area contributed by atoms with E-state index in [2.05, 4.69) is 17.4 Å². The van der Waals surface area contributed by atoms with Gasteiger partial charge >= 0.3 is 0 Å². The van der Waals surface area contributed by atoms with Crippen molar-refractivity contribution in [1.82, 2.24) is 10.2 Å². The average Bonchev–Trinajstić information content (AvgIpc) is 2.88. The second-order valence-electron chi connectivity index (χ2n) is 8.97. The summed E-state index contributed by atoms with van der Waals surface area (Å²) in [5.74, 6) is 1.45. The lowest BCUT2D eigenvalue weighted by Crippen LogP contribution is -2.51. The zero-order valence-electron chi connectivity index (χ0n) is 20.5. The van der Waals surface area contributed by atoms with Gasteiger partial charge in [0.25, 0.3) is 0 Å². The van der Waals surface area contributed by atoms with Gasteiger partial charge in [0.1, 0.15) is 17.5 Å². The van der Waals surface area contributed by atoms with Crippen LogP contribution in [-0.2, 0) is 16.0 Å². The Labute approximate surface area is 203 Å². The van der Waals surface area contributed by atoms with Crippen LogP contribution < -0.4 is 14.8 Å². The molecule has 1 saturated carbocycles. The fourth-order valence-corrected chi connectivity index (χ4v) is 4.37. The summed E-state index contributed by atoms with van der Waals surface area (Å²) in [5.41, 5.74) is 1.16. The van der Waals surface area contributed by atoms with Gasteiger partial charge in [-0.05, 0) is 62.4 Å². The van der Waals surface area contributed by atoms with Gasteiger partial charge in [-0.15, -0.1) is 0 Å². The number of benzene rings is 2. The van der Waals surface area contributed by atoms with Gasteiger partial charge < -0.3 is 19.7 Å². The Hall–Kier alpha value is -3.02. The van der Waals surface area contributed by atoms with Crippen LogP contribution in [0.25, 0.3) is 0 Å². The molecule has 1 unspecified atom stereocenters. The fraction of sp³-hybridized carbons (Fsp3) is 0.500. The highest BCUT2D eigenvalue weighted by atomic mass is 16.5. The third-order valence-electron chi connectivity index (χ3n) is 6.47. The van der Waals surface area contributed by atoms with Crippen molar-refractivity contribution in [3.05, 3.63) is 60.2 Å². The molecule has 2 aromatic rings. The highest BCUT2D eigenvalue weighted by Crippen LogP contribution is 2.19. The molecule has 0 radical (unpaired) electrons. The van der Waals surface area contributed by atoms with Crippen molar-refractivity contribution in [3.63, 3.8) is 0 Å². The largest absolute Gasteiger partial charge is 0.497 e. The maximum atomic E-state index is 13.2. The first-order valence-electron chi connectivity index (χ1n) is 12.5. The molecule has 6 heteroatoms. The Morgan fingerprint density at radius 1 is 1.00 bits per heavy atom. The first kappa shape index (κ1) is 25.6. The van der Waals surface area contributed by atoms with Crippen LogP contribution in [-0.4, -0.2) is 49.1 Å². The SMILES string of the molecule is COc1ccc(OCCCC(=O)N(CCc2ccccc2)C(C)C(=O)NC2CCCCC2)cc1. The van der Waals surface area contributed by atoms with Crippen LogP contribution >= 0.6 is 0 Å². The monoisotopic (exact) mass is 466 g/mol. The van der Waals surface area contributed by atoms with Crippen molar-refractivity contribution in [2.24, 2.45) is 0 Å².